The number of hydrogen-bond acceptors (Lipinski definition) is 6. The number of aromatic amines is 1. The molecule has 1 unspecified atom stereocenters. The van der Waals surface area contributed by atoms with E-state index in [4.69, 9.17) is 0 Å². The molecule has 0 bridgehead atoms. The van der Waals surface area contributed by atoms with Gasteiger partial charge in [0.1, 0.15) is 17.3 Å². The summed E-state index contributed by atoms with van der Waals surface area (Å²) in [4.78, 5) is 41.9. The van der Waals surface area contributed by atoms with Gasteiger partial charge in [-0.15, -0.1) is 0 Å². The molecular formula is C21H22N6O2. The van der Waals surface area contributed by atoms with E-state index in [1.807, 2.05) is 25.1 Å². The van der Waals surface area contributed by atoms with Crippen molar-refractivity contribution in [1.29, 1.82) is 0 Å². The van der Waals surface area contributed by atoms with Crippen LogP contribution in [0, 0.1) is 0 Å². The highest BCUT2D eigenvalue weighted by molar-refractivity contribution is 5.92. The lowest BCUT2D eigenvalue weighted by atomic mass is 10.2. The van der Waals surface area contributed by atoms with E-state index in [2.05, 4.69) is 25.3 Å². The molecule has 3 aromatic heterocycles. The smallest absolute Gasteiger partial charge is 0.272 e. The van der Waals surface area contributed by atoms with E-state index in [-0.39, 0.29) is 17.5 Å². The van der Waals surface area contributed by atoms with Crippen molar-refractivity contribution >= 4 is 11.7 Å². The molecule has 8 heteroatoms. The third-order valence-electron chi connectivity index (χ3n) is 4.91. The molecule has 4 heterocycles. The Morgan fingerprint density at radius 2 is 2.17 bits per heavy atom. The minimum Gasteiger partial charge on any atom is -0.365 e. The lowest BCUT2D eigenvalue weighted by Gasteiger charge is -2.17. The Kier molecular flexibility index (Phi) is 5.33. The first-order valence-corrected chi connectivity index (χ1v) is 9.66. The van der Waals surface area contributed by atoms with Crippen molar-refractivity contribution < 1.29 is 4.79 Å². The Bertz CT molecular complexity index is 1050. The van der Waals surface area contributed by atoms with Gasteiger partial charge in [0.25, 0.3) is 11.5 Å². The molecule has 148 valence electrons. The van der Waals surface area contributed by atoms with Crippen LogP contribution < -0.4 is 10.9 Å². The van der Waals surface area contributed by atoms with Gasteiger partial charge in [-0.1, -0.05) is 13.0 Å². The van der Waals surface area contributed by atoms with Gasteiger partial charge in [-0.05, 0) is 37.1 Å². The minimum atomic E-state index is -0.169. The van der Waals surface area contributed by atoms with Crippen molar-refractivity contribution in [2.75, 3.05) is 18.4 Å². The average Bonchev–Trinajstić information content (AvgIpc) is 3.22. The number of rotatable bonds is 5. The maximum absolute atomic E-state index is 12.5. The van der Waals surface area contributed by atoms with E-state index in [0.29, 0.717) is 31.0 Å². The number of likely N-dealkylation sites (tertiary alicyclic amines) is 1. The van der Waals surface area contributed by atoms with Crippen molar-refractivity contribution in [2.45, 2.75) is 25.8 Å². The zero-order valence-corrected chi connectivity index (χ0v) is 16.1. The molecule has 0 aromatic carbocycles. The molecule has 0 saturated carbocycles. The van der Waals surface area contributed by atoms with E-state index < -0.39 is 0 Å². The molecular weight excluding hydrogens is 368 g/mol. The van der Waals surface area contributed by atoms with Gasteiger partial charge in [0.15, 0.2) is 0 Å². The number of amides is 1. The van der Waals surface area contributed by atoms with Crippen molar-refractivity contribution in [2.24, 2.45) is 0 Å². The summed E-state index contributed by atoms with van der Waals surface area (Å²) in [6.07, 6.45) is 4.85. The molecule has 0 spiro atoms. The molecule has 0 radical (unpaired) electrons. The van der Waals surface area contributed by atoms with Crippen LogP contribution in [0.2, 0.25) is 0 Å². The van der Waals surface area contributed by atoms with Gasteiger partial charge in [-0.3, -0.25) is 14.6 Å². The highest BCUT2D eigenvalue weighted by Crippen LogP contribution is 2.19. The van der Waals surface area contributed by atoms with Crippen LogP contribution in [-0.2, 0) is 6.42 Å². The number of aryl methyl sites for hydroxylation is 1. The summed E-state index contributed by atoms with van der Waals surface area (Å²) in [5.74, 6) is 1.19. The molecule has 1 aliphatic heterocycles. The molecule has 3 aromatic rings. The topological polar surface area (TPSA) is 104 Å². The first-order chi connectivity index (χ1) is 14.1. The van der Waals surface area contributed by atoms with Gasteiger partial charge < -0.3 is 15.2 Å². The molecule has 4 rings (SSSR count). The number of anilines is 1. The van der Waals surface area contributed by atoms with E-state index >= 15 is 0 Å². The standard InChI is InChI=1S/C21H22N6O2/c1-2-15-11-19(28)26-20(25-15)14-6-7-18(23-12-14)24-16-8-10-27(13-16)21(29)17-5-3-4-9-22-17/h3-7,9,11-12,16H,2,8,10,13H2,1H3,(H,23,24)(H,25,26,28). The summed E-state index contributed by atoms with van der Waals surface area (Å²) in [7, 11) is 0. The van der Waals surface area contributed by atoms with Crippen LogP contribution in [0.1, 0.15) is 29.5 Å². The van der Waals surface area contributed by atoms with E-state index in [0.717, 1.165) is 23.5 Å². The second kappa shape index (κ2) is 8.22. The molecule has 1 saturated heterocycles. The predicted molar refractivity (Wildman–Crippen MR) is 110 cm³/mol. The second-order valence-corrected chi connectivity index (χ2v) is 6.97. The summed E-state index contributed by atoms with van der Waals surface area (Å²) < 4.78 is 0. The number of hydrogen-bond donors (Lipinski definition) is 2. The first kappa shape index (κ1) is 18.8. The Morgan fingerprint density at radius 3 is 2.90 bits per heavy atom. The van der Waals surface area contributed by atoms with Crippen LogP contribution in [0.4, 0.5) is 5.82 Å². The van der Waals surface area contributed by atoms with Crippen LogP contribution in [0.25, 0.3) is 11.4 Å². The number of H-pyrrole nitrogens is 1. The Balaban J connectivity index is 1.40. The number of pyridine rings is 2. The van der Waals surface area contributed by atoms with Gasteiger partial charge >= 0.3 is 0 Å². The lowest BCUT2D eigenvalue weighted by molar-refractivity contribution is 0.0786. The molecule has 8 nitrogen and oxygen atoms in total. The Morgan fingerprint density at radius 1 is 1.28 bits per heavy atom. The Labute approximate surface area is 168 Å². The van der Waals surface area contributed by atoms with Crippen LogP contribution >= 0.6 is 0 Å². The maximum Gasteiger partial charge on any atom is 0.272 e. The molecule has 29 heavy (non-hydrogen) atoms. The van der Waals surface area contributed by atoms with E-state index in [1.165, 1.54) is 6.07 Å². The zero-order chi connectivity index (χ0) is 20.2. The zero-order valence-electron chi connectivity index (χ0n) is 16.1. The van der Waals surface area contributed by atoms with Crippen molar-refractivity contribution in [3.05, 3.63) is 70.5 Å². The van der Waals surface area contributed by atoms with Crippen LogP contribution in [-0.4, -0.2) is 49.9 Å². The summed E-state index contributed by atoms with van der Waals surface area (Å²) in [5.41, 5.74) is 1.79. The quantitative estimate of drug-likeness (QED) is 0.692. The summed E-state index contributed by atoms with van der Waals surface area (Å²) in [5, 5.41) is 3.37. The highest BCUT2D eigenvalue weighted by Gasteiger charge is 2.27. The molecule has 1 aliphatic rings. The maximum atomic E-state index is 12.5. The molecule has 1 fully saturated rings. The van der Waals surface area contributed by atoms with Gasteiger partial charge in [0.05, 0.1) is 0 Å². The third kappa shape index (κ3) is 4.31. The van der Waals surface area contributed by atoms with Crippen LogP contribution in [0.3, 0.4) is 0 Å². The normalized spacial score (nSPS) is 16.0. The number of nitrogens with one attached hydrogen (secondary N) is 2. The summed E-state index contributed by atoms with van der Waals surface area (Å²) >= 11 is 0. The van der Waals surface area contributed by atoms with Gasteiger partial charge in [0.2, 0.25) is 0 Å². The van der Waals surface area contributed by atoms with Gasteiger partial charge in [0, 0.05) is 48.8 Å². The van der Waals surface area contributed by atoms with Crippen LogP contribution in [0.15, 0.2) is 53.6 Å². The van der Waals surface area contributed by atoms with Crippen molar-refractivity contribution in [3.63, 3.8) is 0 Å². The van der Waals surface area contributed by atoms with E-state index in [9.17, 15) is 9.59 Å². The van der Waals surface area contributed by atoms with Crippen molar-refractivity contribution in [3.8, 4) is 11.4 Å². The monoisotopic (exact) mass is 390 g/mol. The summed E-state index contributed by atoms with van der Waals surface area (Å²) in [6, 6.07) is 10.7. The molecule has 1 atom stereocenters. The number of nitrogens with zero attached hydrogens (tertiary/aromatic N) is 4. The van der Waals surface area contributed by atoms with Gasteiger partial charge in [-0.2, -0.15) is 0 Å². The SMILES string of the molecule is CCc1cc(=O)[nH]c(-c2ccc(NC3CCN(C(=O)c4ccccn4)C3)nc2)n1. The first-order valence-electron chi connectivity index (χ1n) is 9.66. The van der Waals surface area contributed by atoms with E-state index in [1.54, 1.807) is 29.4 Å². The second-order valence-electron chi connectivity index (χ2n) is 6.97. The molecule has 1 amide bonds. The molecule has 0 aliphatic carbocycles. The minimum absolute atomic E-state index is 0.0518. The fraction of sp³-hybridized carbons (Fsp3) is 0.286. The lowest BCUT2D eigenvalue weighted by Crippen LogP contribution is -2.32. The number of carbonyl (C=O) groups excluding carboxylic acids is 1. The number of aromatic nitrogens is 4. The molecule has 2 N–H and O–H groups in total. The fourth-order valence-electron chi connectivity index (χ4n) is 3.37. The van der Waals surface area contributed by atoms with Gasteiger partial charge in [-0.25, -0.2) is 9.97 Å². The summed E-state index contributed by atoms with van der Waals surface area (Å²) in [6.45, 7) is 3.24. The Hall–Kier alpha value is -3.55. The number of carbonyl (C=O) groups is 1. The predicted octanol–water partition coefficient (Wildman–Crippen LogP) is 2.12. The fourth-order valence-corrected chi connectivity index (χ4v) is 3.37. The van der Waals surface area contributed by atoms with Crippen LogP contribution in [0.5, 0.6) is 0 Å². The highest BCUT2D eigenvalue weighted by atomic mass is 16.2. The van der Waals surface area contributed by atoms with Crippen molar-refractivity contribution in [1.82, 2.24) is 24.8 Å². The largest absolute Gasteiger partial charge is 0.365 e. The third-order valence-corrected chi connectivity index (χ3v) is 4.91. The average molecular weight is 390 g/mol.